The van der Waals surface area contributed by atoms with Gasteiger partial charge in [0.15, 0.2) is 0 Å². The van der Waals surface area contributed by atoms with Crippen LogP contribution < -0.4 is 0 Å². The van der Waals surface area contributed by atoms with E-state index in [1.807, 2.05) is 20.8 Å². The Morgan fingerprint density at radius 2 is 1.75 bits per heavy atom. The van der Waals surface area contributed by atoms with Gasteiger partial charge >= 0.3 is 5.97 Å². The molecule has 3 nitrogen and oxygen atoms in total. The number of likely N-dealkylation sites (N-methyl/N-ethyl adjacent to an activating group) is 1. The molecule has 0 N–H and O–H groups in total. The number of carbonyl (C=O) groups excluding carboxylic acids is 1. The molecule has 0 aromatic rings. The van der Waals surface area contributed by atoms with Crippen molar-refractivity contribution >= 4 is 5.97 Å². The van der Waals surface area contributed by atoms with Crippen molar-refractivity contribution in [2.45, 2.75) is 40.5 Å². The van der Waals surface area contributed by atoms with Crippen LogP contribution in [0.2, 0.25) is 0 Å². The third-order valence-electron chi connectivity index (χ3n) is 3.20. The summed E-state index contributed by atoms with van der Waals surface area (Å²) in [5.41, 5.74) is -0.345. The van der Waals surface area contributed by atoms with Crippen molar-refractivity contribution in [1.82, 2.24) is 0 Å². The summed E-state index contributed by atoms with van der Waals surface area (Å²) in [6.07, 6.45) is 1.97. The third kappa shape index (κ3) is 5.50. The number of nitrogens with zero attached hydrogens (tertiary/aromatic N) is 1. The molecule has 0 heterocycles. The molecule has 0 saturated heterocycles. The minimum absolute atomic E-state index is 0.0773. The van der Waals surface area contributed by atoms with Gasteiger partial charge in [-0.15, -0.1) is 0 Å². The second-order valence-electron chi connectivity index (χ2n) is 5.76. The number of hydrogen-bond acceptors (Lipinski definition) is 2. The summed E-state index contributed by atoms with van der Waals surface area (Å²) >= 11 is 0. The average Bonchev–Trinajstić information content (AvgIpc) is 2.17. The Balaban J connectivity index is 3.95. The second-order valence-corrected chi connectivity index (χ2v) is 5.76. The molecule has 0 atom stereocenters. The summed E-state index contributed by atoms with van der Waals surface area (Å²) < 4.78 is 6.24. The zero-order chi connectivity index (χ0) is 12.8. The van der Waals surface area contributed by atoms with Crippen LogP contribution in [0, 0.1) is 5.41 Å². The van der Waals surface area contributed by atoms with Gasteiger partial charge in [0.25, 0.3) is 0 Å². The summed E-state index contributed by atoms with van der Waals surface area (Å²) in [5.74, 6) is -0.0773. The lowest BCUT2D eigenvalue weighted by Crippen LogP contribution is -2.43. The largest absolute Gasteiger partial charge is 0.459 e. The summed E-state index contributed by atoms with van der Waals surface area (Å²) in [6, 6.07) is 0. The lowest BCUT2D eigenvalue weighted by molar-refractivity contribution is -0.890. The van der Waals surface area contributed by atoms with E-state index >= 15 is 0 Å². The quantitative estimate of drug-likeness (QED) is 0.496. The van der Waals surface area contributed by atoms with Gasteiger partial charge in [-0.3, -0.25) is 4.79 Å². The summed E-state index contributed by atoms with van der Waals surface area (Å²) in [5, 5.41) is 0. The van der Waals surface area contributed by atoms with E-state index in [4.69, 9.17) is 4.74 Å². The fourth-order valence-electron chi connectivity index (χ4n) is 1.44. The number of quaternary nitrogens is 1. The SMILES string of the molecule is CCC[N+](C)(C)CCOC(=O)C(C)(C)CC. The number of carbonyl (C=O) groups is 1. The van der Waals surface area contributed by atoms with Crippen molar-refractivity contribution in [3.63, 3.8) is 0 Å². The molecule has 0 aromatic carbocycles. The Morgan fingerprint density at radius 1 is 1.19 bits per heavy atom. The Labute approximate surface area is 100 Å². The Kier molecular flexibility index (Phi) is 6.01. The number of hydrogen-bond donors (Lipinski definition) is 0. The highest BCUT2D eigenvalue weighted by molar-refractivity contribution is 5.75. The molecule has 0 aliphatic heterocycles. The van der Waals surface area contributed by atoms with E-state index in [2.05, 4.69) is 21.0 Å². The zero-order valence-electron chi connectivity index (χ0n) is 11.8. The monoisotopic (exact) mass is 230 g/mol. The van der Waals surface area contributed by atoms with Gasteiger partial charge in [-0.05, 0) is 26.7 Å². The van der Waals surface area contributed by atoms with Crippen LogP contribution in [0.3, 0.4) is 0 Å². The highest BCUT2D eigenvalue weighted by atomic mass is 16.5. The number of rotatable bonds is 7. The number of ether oxygens (including phenoxy) is 1. The lowest BCUT2D eigenvalue weighted by Gasteiger charge is -2.29. The predicted octanol–water partition coefficient (Wildman–Crippen LogP) is 2.45. The minimum atomic E-state index is -0.345. The van der Waals surface area contributed by atoms with Gasteiger partial charge in [-0.2, -0.15) is 0 Å². The van der Waals surface area contributed by atoms with Crippen molar-refractivity contribution in [3.8, 4) is 0 Å². The van der Waals surface area contributed by atoms with Crippen molar-refractivity contribution in [2.75, 3.05) is 33.8 Å². The molecule has 0 unspecified atom stereocenters. The van der Waals surface area contributed by atoms with Crippen LogP contribution in [0.25, 0.3) is 0 Å². The maximum absolute atomic E-state index is 11.7. The van der Waals surface area contributed by atoms with E-state index in [1.165, 1.54) is 0 Å². The maximum Gasteiger partial charge on any atom is 0.311 e. The lowest BCUT2D eigenvalue weighted by atomic mass is 9.91. The Hall–Kier alpha value is -0.570. The molecule has 0 radical (unpaired) electrons. The fourth-order valence-corrected chi connectivity index (χ4v) is 1.44. The first kappa shape index (κ1) is 15.4. The van der Waals surface area contributed by atoms with E-state index in [-0.39, 0.29) is 11.4 Å². The van der Waals surface area contributed by atoms with Gasteiger partial charge in [0.1, 0.15) is 13.2 Å². The second kappa shape index (κ2) is 6.24. The third-order valence-corrected chi connectivity index (χ3v) is 3.20. The highest BCUT2D eigenvalue weighted by Crippen LogP contribution is 2.21. The molecule has 0 spiro atoms. The van der Waals surface area contributed by atoms with Crippen LogP contribution in [0.15, 0.2) is 0 Å². The summed E-state index contributed by atoms with van der Waals surface area (Å²) in [7, 11) is 4.34. The molecule has 0 amide bonds. The Morgan fingerprint density at radius 3 is 2.19 bits per heavy atom. The molecular formula is C13H28NO2+. The van der Waals surface area contributed by atoms with Gasteiger partial charge in [0.05, 0.1) is 26.1 Å². The van der Waals surface area contributed by atoms with E-state index in [9.17, 15) is 4.79 Å². The van der Waals surface area contributed by atoms with Gasteiger partial charge in [-0.1, -0.05) is 13.8 Å². The molecule has 0 fully saturated rings. The molecule has 0 aromatic heterocycles. The van der Waals surface area contributed by atoms with E-state index in [0.29, 0.717) is 6.61 Å². The number of esters is 1. The van der Waals surface area contributed by atoms with Crippen LogP contribution in [0.5, 0.6) is 0 Å². The summed E-state index contributed by atoms with van der Waals surface area (Å²) in [4.78, 5) is 11.7. The van der Waals surface area contributed by atoms with Gasteiger partial charge in [0.2, 0.25) is 0 Å². The first-order valence-electron chi connectivity index (χ1n) is 6.24. The van der Waals surface area contributed by atoms with Gasteiger partial charge in [-0.25, -0.2) is 0 Å². The molecular weight excluding hydrogens is 202 g/mol. The van der Waals surface area contributed by atoms with E-state index in [0.717, 1.165) is 30.4 Å². The van der Waals surface area contributed by atoms with Crippen LogP contribution >= 0.6 is 0 Å². The van der Waals surface area contributed by atoms with Crippen LogP contribution in [0.4, 0.5) is 0 Å². The van der Waals surface area contributed by atoms with Gasteiger partial charge < -0.3 is 9.22 Å². The smallest absolute Gasteiger partial charge is 0.311 e. The van der Waals surface area contributed by atoms with Crippen LogP contribution in [-0.2, 0) is 9.53 Å². The highest BCUT2D eigenvalue weighted by Gasteiger charge is 2.27. The zero-order valence-corrected chi connectivity index (χ0v) is 11.8. The van der Waals surface area contributed by atoms with Crippen molar-refractivity contribution in [3.05, 3.63) is 0 Å². The maximum atomic E-state index is 11.7. The predicted molar refractivity (Wildman–Crippen MR) is 67.2 cm³/mol. The fraction of sp³-hybridized carbons (Fsp3) is 0.923. The molecule has 0 aliphatic rings. The molecule has 3 heteroatoms. The minimum Gasteiger partial charge on any atom is -0.459 e. The average molecular weight is 230 g/mol. The first-order chi connectivity index (χ1) is 7.25. The molecule has 16 heavy (non-hydrogen) atoms. The molecule has 0 aliphatic carbocycles. The van der Waals surface area contributed by atoms with Crippen molar-refractivity contribution in [1.29, 1.82) is 0 Å². The van der Waals surface area contributed by atoms with Gasteiger partial charge in [0, 0.05) is 0 Å². The topological polar surface area (TPSA) is 26.3 Å². The van der Waals surface area contributed by atoms with Crippen molar-refractivity contribution in [2.24, 2.45) is 5.41 Å². The van der Waals surface area contributed by atoms with Crippen LogP contribution in [0.1, 0.15) is 40.5 Å². The molecule has 0 saturated carbocycles. The molecule has 0 rings (SSSR count). The van der Waals surface area contributed by atoms with Crippen molar-refractivity contribution < 1.29 is 14.0 Å². The first-order valence-corrected chi connectivity index (χ1v) is 6.24. The van der Waals surface area contributed by atoms with Crippen LogP contribution in [-0.4, -0.2) is 44.2 Å². The molecule has 0 bridgehead atoms. The standard InChI is InChI=1S/C13H28NO2/c1-7-9-14(5,6)10-11-16-12(15)13(3,4)8-2/h7-11H2,1-6H3/q+1. The normalized spacial score (nSPS) is 12.6. The van der Waals surface area contributed by atoms with E-state index in [1.54, 1.807) is 0 Å². The van der Waals surface area contributed by atoms with E-state index < -0.39 is 0 Å². The summed E-state index contributed by atoms with van der Waals surface area (Å²) in [6.45, 7) is 10.6. The molecule has 96 valence electrons. The Bertz CT molecular complexity index is 222.